The Balaban J connectivity index is 1.69. The van der Waals surface area contributed by atoms with Gasteiger partial charge in [-0.25, -0.2) is 8.42 Å². The Hall–Kier alpha value is -2.36. The van der Waals surface area contributed by atoms with Crippen molar-refractivity contribution in [3.63, 3.8) is 0 Å². The quantitative estimate of drug-likeness (QED) is 0.717. The highest BCUT2D eigenvalue weighted by molar-refractivity contribution is 7.90. The summed E-state index contributed by atoms with van der Waals surface area (Å²) >= 11 is 0. The van der Waals surface area contributed by atoms with Gasteiger partial charge in [0.2, 0.25) is 0 Å². The minimum Gasteiger partial charge on any atom is -0.481 e. The fraction of sp³-hybridized carbons (Fsp3) is 0.381. The lowest BCUT2D eigenvalue weighted by molar-refractivity contribution is 0.197. The van der Waals surface area contributed by atoms with E-state index in [0.717, 1.165) is 38.2 Å². The lowest BCUT2D eigenvalue weighted by Crippen LogP contribution is -2.34. The molecule has 0 unspecified atom stereocenters. The zero-order valence-corrected chi connectivity index (χ0v) is 16.3. The summed E-state index contributed by atoms with van der Waals surface area (Å²) in [6, 6.07) is 11.3. The van der Waals surface area contributed by atoms with Crippen molar-refractivity contribution < 1.29 is 13.2 Å². The summed E-state index contributed by atoms with van der Waals surface area (Å²) in [5, 5.41) is 0. The fourth-order valence-corrected chi connectivity index (χ4v) is 4.44. The molecule has 1 saturated heterocycles. The van der Waals surface area contributed by atoms with Gasteiger partial charge in [-0.15, -0.1) is 6.42 Å². The number of ether oxygens (including phenoxy) is 1. The average Bonchev–Trinajstić information content (AvgIpc) is 2.67. The van der Waals surface area contributed by atoms with Crippen LogP contribution in [0.25, 0.3) is 0 Å². The van der Waals surface area contributed by atoms with Crippen LogP contribution in [0.4, 0.5) is 0 Å². The highest BCUT2D eigenvalue weighted by Crippen LogP contribution is 2.30. The van der Waals surface area contributed by atoms with E-state index >= 15 is 0 Å². The number of likely N-dealkylation sites (tertiary alicyclic amines) is 1. The molecule has 2 heterocycles. The third-order valence-electron chi connectivity index (χ3n) is 4.74. The van der Waals surface area contributed by atoms with Gasteiger partial charge in [0.1, 0.15) is 12.4 Å². The molecule has 6 heteroatoms. The molecular formula is C21H24N2O3S. The molecule has 27 heavy (non-hydrogen) atoms. The Morgan fingerprint density at radius 1 is 1.30 bits per heavy atom. The number of terminal acetylenes is 1. The van der Waals surface area contributed by atoms with Gasteiger partial charge in [0.25, 0.3) is 0 Å². The normalized spacial score (nSPS) is 18.0. The van der Waals surface area contributed by atoms with E-state index in [0.29, 0.717) is 10.6 Å². The predicted octanol–water partition coefficient (Wildman–Crippen LogP) is 2.88. The van der Waals surface area contributed by atoms with Crippen molar-refractivity contribution in [3.8, 4) is 18.1 Å². The minimum absolute atomic E-state index is 0.128. The molecule has 0 bridgehead atoms. The summed E-state index contributed by atoms with van der Waals surface area (Å²) in [7, 11) is -3.28. The largest absolute Gasteiger partial charge is 0.481 e. The van der Waals surface area contributed by atoms with E-state index in [1.54, 1.807) is 18.3 Å². The van der Waals surface area contributed by atoms with Crippen LogP contribution in [0.15, 0.2) is 47.5 Å². The molecule has 1 fully saturated rings. The Morgan fingerprint density at radius 3 is 2.78 bits per heavy atom. The fourth-order valence-electron chi connectivity index (χ4n) is 3.52. The second-order valence-corrected chi connectivity index (χ2v) is 8.85. The third kappa shape index (κ3) is 5.09. The molecule has 0 N–H and O–H groups in total. The van der Waals surface area contributed by atoms with Crippen LogP contribution in [-0.4, -0.2) is 44.3 Å². The van der Waals surface area contributed by atoms with Crippen LogP contribution < -0.4 is 4.74 Å². The van der Waals surface area contributed by atoms with Crippen LogP contribution >= 0.6 is 0 Å². The zero-order valence-electron chi connectivity index (χ0n) is 15.5. The second kappa shape index (κ2) is 8.55. The maximum atomic E-state index is 12.1. The number of aromatic nitrogens is 1. The van der Waals surface area contributed by atoms with Crippen LogP contribution in [0, 0.1) is 12.3 Å². The number of piperidine rings is 1. The first-order valence-electron chi connectivity index (χ1n) is 9.00. The molecule has 1 aromatic carbocycles. The number of benzene rings is 1. The molecule has 0 aliphatic carbocycles. The second-order valence-electron chi connectivity index (χ2n) is 6.87. The van der Waals surface area contributed by atoms with Crippen molar-refractivity contribution in [1.82, 2.24) is 9.88 Å². The van der Waals surface area contributed by atoms with E-state index < -0.39 is 9.84 Å². The van der Waals surface area contributed by atoms with E-state index in [1.165, 1.54) is 11.8 Å². The first kappa shape index (κ1) is 19.4. The summed E-state index contributed by atoms with van der Waals surface area (Å²) in [6.45, 7) is 2.87. The Kier molecular flexibility index (Phi) is 6.15. The van der Waals surface area contributed by atoms with E-state index in [9.17, 15) is 8.42 Å². The van der Waals surface area contributed by atoms with Gasteiger partial charge in [0, 0.05) is 31.5 Å². The molecule has 0 radical (unpaired) electrons. The summed E-state index contributed by atoms with van der Waals surface area (Å²) in [4.78, 5) is 7.12. The molecule has 1 atom stereocenters. The van der Waals surface area contributed by atoms with Crippen LogP contribution in [0.5, 0.6) is 5.75 Å². The average molecular weight is 385 g/mol. The standard InChI is InChI=1S/C21H24N2O3S/c1-3-14-26-19-10-8-17(9-11-19)15-23-13-5-6-18(16-23)21-20(27(2,24)25)7-4-12-22-21/h1,4,7-12,18H,5-6,13-16H2,2H3/t18-/m0/s1. The zero-order chi connectivity index (χ0) is 19.3. The molecule has 3 rings (SSSR count). The Morgan fingerprint density at radius 2 is 2.07 bits per heavy atom. The van der Waals surface area contributed by atoms with Crippen LogP contribution in [0.2, 0.25) is 0 Å². The Bertz CT molecular complexity index is 917. The molecule has 1 aliphatic heterocycles. The van der Waals surface area contributed by atoms with Gasteiger partial charge in [0.15, 0.2) is 9.84 Å². The van der Waals surface area contributed by atoms with Gasteiger partial charge < -0.3 is 4.74 Å². The molecule has 142 valence electrons. The van der Waals surface area contributed by atoms with Crippen molar-refractivity contribution in [2.45, 2.75) is 30.2 Å². The minimum atomic E-state index is -3.28. The van der Waals surface area contributed by atoms with Gasteiger partial charge >= 0.3 is 0 Å². The Labute approximate surface area is 161 Å². The maximum absolute atomic E-state index is 12.1. The molecule has 5 nitrogen and oxygen atoms in total. The van der Waals surface area contributed by atoms with Gasteiger partial charge in [-0.05, 0) is 49.2 Å². The highest BCUT2D eigenvalue weighted by Gasteiger charge is 2.27. The lowest BCUT2D eigenvalue weighted by Gasteiger charge is -2.33. The van der Waals surface area contributed by atoms with Crippen LogP contribution in [-0.2, 0) is 16.4 Å². The number of hydrogen-bond acceptors (Lipinski definition) is 5. The van der Waals surface area contributed by atoms with Crippen molar-refractivity contribution in [2.75, 3.05) is 26.0 Å². The monoisotopic (exact) mass is 384 g/mol. The molecule has 2 aromatic rings. The molecule has 0 spiro atoms. The SMILES string of the molecule is C#CCOc1ccc(CN2CCC[C@H](c3ncccc3S(C)(=O)=O)C2)cc1. The molecular weight excluding hydrogens is 360 g/mol. The van der Waals surface area contributed by atoms with E-state index in [4.69, 9.17) is 11.2 Å². The van der Waals surface area contributed by atoms with Crippen molar-refractivity contribution in [3.05, 3.63) is 53.9 Å². The first-order valence-corrected chi connectivity index (χ1v) is 10.9. The smallest absolute Gasteiger partial charge is 0.177 e. The predicted molar refractivity (Wildman–Crippen MR) is 105 cm³/mol. The molecule has 0 amide bonds. The van der Waals surface area contributed by atoms with Crippen molar-refractivity contribution in [2.24, 2.45) is 0 Å². The molecule has 0 saturated carbocycles. The van der Waals surface area contributed by atoms with Crippen LogP contribution in [0.3, 0.4) is 0 Å². The summed E-state index contributed by atoms with van der Waals surface area (Å²) in [6.07, 6.45) is 10.1. The number of hydrogen-bond donors (Lipinski definition) is 0. The van der Waals surface area contributed by atoms with Crippen molar-refractivity contribution >= 4 is 9.84 Å². The lowest BCUT2D eigenvalue weighted by atomic mass is 9.94. The maximum Gasteiger partial charge on any atom is 0.177 e. The van der Waals surface area contributed by atoms with Crippen LogP contribution in [0.1, 0.15) is 30.0 Å². The molecule has 1 aliphatic rings. The van der Waals surface area contributed by atoms with Gasteiger partial charge in [-0.1, -0.05) is 18.1 Å². The third-order valence-corrected chi connectivity index (χ3v) is 5.89. The van der Waals surface area contributed by atoms with Gasteiger partial charge in [-0.3, -0.25) is 9.88 Å². The number of pyridine rings is 1. The van der Waals surface area contributed by atoms with Gasteiger partial charge in [0.05, 0.1) is 10.6 Å². The summed E-state index contributed by atoms with van der Waals surface area (Å²) in [5.41, 5.74) is 1.88. The van der Waals surface area contributed by atoms with Crippen molar-refractivity contribution in [1.29, 1.82) is 0 Å². The van der Waals surface area contributed by atoms with E-state index in [1.807, 2.05) is 24.3 Å². The summed E-state index contributed by atoms with van der Waals surface area (Å²) < 4.78 is 29.6. The number of nitrogens with zero attached hydrogens (tertiary/aromatic N) is 2. The van der Waals surface area contributed by atoms with Gasteiger partial charge in [-0.2, -0.15) is 0 Å². The van der Waals surface area contributed by atoms with E-state index in [2.05, 4.69) is 15.8 Å². The first-order chi connectivity index (χ1) is 13.0. The molecule has 1 aromatic heterocycles. The number of sulfone groups is 1. The van der Waals surface area contributed by atoms with E-state index in [-0.39, 0.29) is 12.5 Å². The summed E-state index contributed by atoms with van der Waals surface area (Å²) in [5.74, 6) is 3.34. The highest BCUT2D eigenvalue weighted by atomic mass is 32.2. The number of rotatable bonds is 6. The topological polar surface area (TPSA) is 59.5 Å².